The number of hydrogen-bond donors (Lipinski definition) is 0. The summed E-state index contributed by atoms with van der Waals surface area (Å²) in [4.78, 5) is 26.5. The Balaban J connectivity index is 1.61. The van der Waals surface area contributed by atoms with E-state index in [1.54, 1.807) is 19.3 Å². The lowest BCUT2D eigenvalue weighted by molar-refractivity contribution is 0.0735. The van der Waals surface area contributed by atoms with Gasteiger partial charge in [-0.15, -0.1) is 0 Å². The van der Waals surface area contributed by atoms with Crippen molar-refractivity contribution in [3.8, 4) is 0 Å². The lowest BCUT2D eigenvalue weighted by Crippen LogP contribution is -2.37. The van der Waals surface area contributed by atoms with Crippen LogP contribution in [0.3, 0.4) is 0 Å². The molecule has 1 amide bonds. The normalized spacial score (nSPS) is 17.0. The first kappa shape index (κ1) is 16.6. The quantitative estimate of drug-likeness (QED) is 0.729. The van der Waals surface area contributed by atoms with Crippen molar-refractivity contribution in [3.63, 3.8) is 0 Å². The topological polar surface area (TPSA) is 42.3 Å². The summed E-state index contributed by atoms with van der Waals surface area (Å²) in [5.74, 6) is 0.0170. The highest BCUT2D eigenvalue weighted by molar-refractivity contribution is 5.94. The van der Waals surface area contributed by atoms with Crippen LogP contribution in [0.15, 0.2) is 65.6 Å². The molecule has 1 aliphatic heterocycles. The molecule has 0 N–H and O–H groups in total. The summed E-state index contributed by atoms with van der Waals surface area (Å²) < 4.78 is 1.46. The average Bonchev–Trinajstić information content (AvgIpc) is 3.12. The van der Waals surface area contributed by atoms with Gasteiger partial charge in [0.2, 0.25) is 5.56 Å². The SMILES string of the molecule is Cn1cc(C(=O)N2CCC[C@@H]2Cc2cccc3ccccc23)ccc1=O. The van der Waals surface area contributed by atoms with Crippen LogP contribution in [-0.2, 0) is 13.5 Å². The monoisotopic (exact) mass is 346 g/mol. The molecule has 0 bridgehead atoms. The Morgan fingerprint density at radius 3 is 2.73 bits per heavy atom. The Morgan fingerprint density at radius 1 is 1.08 bits per heavy atom. The smallest absolute Gasteiger partial charge is 0.255 e. The molecule has 1 aromatic heterocycles. The predicted molar refractivity (Wildman–Crippen MR) is 103 cm³/mol. The Kier molecular flexibility index (Phi) is 4.33. The summed E-state index contributed by atoms with van der Waals surface area (Å²) in [6.45, 7) is 0.775. The van der Waals surface area contributed by atoms with Crippen molar-refractivity contribution < 1.29 is 4.79 Å². The van der Waals surface area contributed by atoms with Crippen molar-refractivity contribution in [2.45, 2.75) is 25.3 Å². The minimum atomic E-state index is -0.102. The largest absolute Gasteiger partial charge is 0.335 e. The summed E-state index contributed by atoms with van der Waals surface area (Å²) in [6.07, 6.45) is 4.53. The van der Waals surface area contributed by atoms with E-state index in [0.29, 0.717) is 5.56 Å². The van der Waals surface area contributed by atoms with Gasteiger partial charge in [0, 0.05) is 31.9 Å². The first-order valence-electron chi connectivity index (χ1n) is 9.08. The maximum atomic E-state index is 13.0. The molecular weight excluding hydrogens is 324 g/mol. The number of carbonyl (C=O) groups excluding carboxylic acids is 1. The molecule has 2 heterocycles. The van der Waals surface area contributed by atoms with Crippen molar-refractivity contribution in [2.75, 3.05) is 6.54 Å². The third-order valence-electron chi connectivity index (χ3n) is 5.31. The second kappa shape index (κ2) is 6.79. The fourth-order valence-corrected chi connectivity index (χ4v) is 3.93. The van der Waals surface area contributed by atoms with Gasteiger partial charge in [0.1, 0.15) is 0 Å². The molecule has 4 heteroatoms. The van der Waals surface area contributed by atoms with Gasteiger partial charge in [-0.2, -0.15) is 0 Å². The molecule has 0 radical (unpaired) electrons. The van der Waals surface area contributed by atoms with E-state index >= 15 is 0 Å². The number of benzene rings is 2. The number of amides is 1. The number of carbonyl (C=O) groups is 1. The summed E-state index contributed by atoms with van der Waals surface area (Å²) in [7, 11) is 1.68. The van der Waals surface area contributed by atoms with Crippen molar-refractivity contribution >= 4 is 16.7 Å². The van der Waals surface area contributed by atoms with E-state index < -0.39 is 0 Å². The number of nitrogens with zero attached hydrogens (tertiary/aromatic N) is 2. The first-order valence-corrected chi connectivity index (χ1v) is 9.08. The fourth-order valence-electron chi connectivity index (χ4n) is 3.93. The van der Waals surface area contributed by atoms with Crippen LogP contribution < -0.4 is 5.56 Å². The molecule has 26 heavy (non-hydrogen) atoms. The third kappa shape index (κ3) is 3.03. The van der Waals surface area contributed by atoms with Crippen LogP contribution >= 0.6 is 0 Å². The standard InChI is InChI=1S/C22H22N2O2/c1-23-15-18(11-12-21(23)25)22(26)24-13-5-9-19(24)14-17-8-4-7-16-6-2-3-10-20(16)17/h2-4,6-8,10-12,15,19H,5,9,13-14H2,1H3/t19-/m1/s1. The zero-order chi connectivity index (χ0) is 18.1. The van der Waals surface area contributed by atoms with Crippen LogP contribution in [0.25, 0.3) is 10.8 Å². The Labute approximate surface area is 152 Å². The molecule has 0 aliphatic carbocycles. The van der Waals surface area contributed by atoms with Gasteiger partial charge in [0.05, 0.1) is 5.56 Å². The molecule has 2 aromatic carbocycles. The molecule has 0 spiro atoms. The van der Waals surface area contributed by atoms with Gasteiger partial charge < -0.3 is 9.47 Å². The summed E-state index contributed by atoms with van der Waals surface area (Å²) in [5.41, 5.74) is 1.76. The van der Waals surface area contributed by atoms with Gasteiger partial charge in [-0.05, 0) is 41.7 Å². The number of pyridine rings is 1. The second-order valence-corrected chi connectivity index (χ2v) is 7.00. The number of aromatic nitrogens is 1. The highest BCUT2D eigenvalue weighted by Crippen LogP contribution is 2.26. The molecule has 1 fully saturated rings. The fraction of sp³-hybridized carbons (Fsp3) is 0.273. The van der Waals surface area contributed by atoms with E-state index in [0.717, 1.165) is 25.8 Å². The number of aryl methyl sites for hydroxylation is 1. The molecule has 1 aliphatic rings. The molecule has 4 rings (SSSR count). The van der Waals surface area contributed by atoms with Crippen LogP contribution in [0.5, 0.6) is 0 Å². The Bertz CT molecular complexity index is 1020. The lowest BCUT2D eigenvalue weighted by atomic mass is 9.97. The Morgan fingerprint density at radius 2 is 1.88 bits per heavy atom. The van der Waals surface area contributed by atoms with E-state index in [-0.39, 0.29) is 17.5 Å². The first-order chi connectivity index (χ1) is 12.6. The van der Waals surface area contributed by atoms with E-state index in [9.17, 15) is 9.59 Å². The van der Waals surface area contributed by atoms with Crippen molar-refractivity contribution in [1.29, 1.82) is 0 Å². The highest BCUT2D eigenvalue weighted by Gasteiger charge is 2.30. The molecule has 132 valence electrons. The minimum Gasteiger partial charge on any atom is -0.335 e. The van der Waals surface area contributed by atoms with Gasteiger partial charge in [-0.25, -0.2) is 0 Å². The number of fused-ring (bicyclic) bond motifs is 1. The predicted octanol–water partition coefficient (Wildman–Crippen LogP) is 3.39. The van der Waals surface area contributed by atoms with Crippen LogP contribution in [-0.4, -0.2) is 28.0 Å². The molecule has 3 aromatic rings. The average molecular weight is 346 g/mol. The third-order valence-corrected chi connectivity index (χ3v) is 5.31. The van der Waals surface area contributed by atoms with E-state index in [2.05, 4.69) is 42.5 Å². The molecule has 0 saturated carbocycles. The molecule has 1 atom stereocenters. The van der Waals surface area contributed by atoms with Gasteiger partial charge in [-0.1, -0.05) is 42.5 Å². The van der Waals surface area contributed by atoms with Crippen molar-refractivity contribution in [1.82, 2.24) is 9.47 Å². The molecule has 1 saturated heterocycles. The van der Waals surface area contributed by atoms with Crippen LogP contribution in [0.1, 0.15) is 28.8 Å². The number of rotatable bonds is 3. The number of likely N-dealkylation sites (tertiary alicyclic amines) is 1. The minimum absolute atomic E-state index is 0.0170. The van der Waals surface area contributed by atoms with Crippen molar-refractivity contribution in [2.24, 2.45) is 7.05 Å². The molecule has 0 unspecified atom stereocenters. The summed E-state index contributed by atoms with van der Waals surface area (Å²) in [6, 6.07) is 18.1. The van der Waals surface area contributed by atoms with Gasteiger partial charge in [0.15, 0.2) is 0 Å². The van der Waals surface area contributed by atoms with Crippen molar-refractivity contribution in [3.05, 3.63) is 82.3 Å². The molecular formula is C22H22N2O2. The molecule has 4 nitrogen and oxygen atoms in total. The zero-order valence-corrected chi connectivity index (χ0v) is 14.9. The van der Waals surface area contributed by atoms with Gasteiger partial charge >= 0.3 is 0 Å². The highest BCUT2D eigenvalue weighted by atomic mass is 16.2. The van der Waals surface area contributed by atoms with E-state index in [4.69, 9.17) is 0 Å². The van der Waals surface area contributed by atoms with E-state index in [1.807, 2.05) is 4.90 Å². The maximum absolute atomic E-state index is 13.0. The van der Waals surface area contributed by atoms with Crippen LogP contribution in [0.4, 0.5) is 0 Å². The summed E-state index contributed by atoms with van der Waals surface area (Å²) >= 11 is 0. The lowest BCUT2D eigenvalue weighted by Gasteiger charge is -2.25. The maximum Gasteiger partial charge on any atom is 0.255 e. The Hall–Kier alpha value is -2.88. The zero-order valence-electron chi connectivity index (χ0n) is 14.9. The van der Waals surface area contributed by atoms with Crippen LogP contribution in [0.2, 0.25) is 0 Å². The van der Waals surface area contributed by atoms with Crippen LogP contribution in [0, 0.1) is 0 Å². The van der Waals surface area contributed by atoms with Gasteiger partial charge in [0.25, 0.3) is 5.91 Å². The second-order valence-electron chi connectivity index (χ2n) is 7.00. The number of hydrogen-bond acceptors (Lipinski definition) is 2. The summed E-state index contributed by atoms with van der Waals surface area (Å²) in [5, 5.41) is 2.50. The van der Waals surface area contributed by atoms with Gasteiger partial charge in [-0.3, -0.25) is 9.59 Å². The van der Waals surface area contributed by atoms with E-state index in [1.165, 1.54) is 27.0 Å².